The lowest BCUT2D eigenvalue weighted by Gasteiger charge is -2.23. The molecular weight excluding hydrogens is 510 g/mol. The number of carboxylic acids is 1. The van der Waals surface area contributed by atoms with E-state index in [1.54, 1.807) is 0 Å². The van der Waals surface area contributed by atoms with Crippen LogP contribution in [-0.2, 0) is 4.79 Å². The van der Waals surface area contributed by atoms with Crippen molar-refractivity contribution in [2.45, 2.75) is 6.92 Å². The number of ether oxygens (including phenoxy) is 2. The molecule has 0 saturated carbocycles. The quantitative estimate of drug-likeness (QED) is 0.457. The van der Waals surface area contributed by atoms with Crippen molar-refractivity contribution in [3.8, 4) is 22.6 Å². The van der Waals surface area contributed by atoms with E-state index < -0.39 is 41.4 Å². The van der Waals surface area contributed by atoms with Gasteiger partial charge in [0.15, 0.2) is 11.5 Å². The van der Waals surface area contributed by atoms with Crippen molar-refractivity contribution in [2.75, 3.05) is 19.8 Å². The number of halogens is 5. The fourth-order valence-electron chi connectivity index (χ4n) is 3.23. The molecule has 1 aliphatic heterocycles. The van der Waals surface area contributed by atoms with Crippen molar-refractivity contribution < 1.29 is 37.3 Å². The van der Waals surface area contributed by atoms with Crippen LogP contribution in [0.25, 0.3) is 11.1 Å². The molecule has 1 amide bonds. The summed E-state index contributed by atoms with van der Waals surface area (Å²) in [5.74, 6) is -3.62. The molecule has 0 atom stereocenters. The summed E-state index contributed by atoms with van der Waals surface area (Å²) in [6.07, 6.45) is 0. The standard InChI is InChI=1S/C15H11Cl2FO2.C9H7F2NO3/c1-8-2-3-10(15-14(8)19-4-5-20-15)13-11(16)6-9(18)7-12(13)17;10-5-2-1-3-6(11)8(5)9(15)12-4-7(13)14/h2-3,6-7H,4-5H2,1H3;1-3H,4H2,(H,12,15)(H,13,14). The molecule has 6 nitrogen and oxygen atoms in total. The number of benzene rings is 3. The van der Waals surface area contributed by atoms with Crippen molar-refractivity contribution in [2.24, 2.45) is 0 Å². The summed E-state index contributed by atoms with van der Waals surface area (Å²) in [4.78, 5) is 21.2. The van der Waals surface area contributed by atoms with Gasteiger partial charge in [-0.1, -0.05) is 41.4 Å². The van der Waals surface area contributed by atoms with Crippen LogP contribution >= 0.6 is 23.2 Å². The van der Waals surface area contributed by atoms with Crippen LogP contribution in [0.2, 0.25) is 10.0 Å². The minimum absolute atomic E-state index is 0.246. The summed E-state index contributed by atoms with van der Waals surface area (Å²) in [6.45, 7) is 2.21. The van der Waals surface area contributed by atoms with Gasteiger partial charge in [0.25, 0.3) is 5.91 Å². The van der Waals surface area contributed by atoms with Gasteiger partial charge in [0, 0.05) is 11.1 Å². The molecule has 2 N–H and O–H groups in total. The fourth-order valence-corrected chi connectivity index (χ4v) is 3.89. The first-order chi connectivity index (χ1) is 16.6. The van der Waals surface area contributed by atoms with Gasteiger partial charge >= 0.3 is 5.97 Å². The van der Waals surface area contributed by atoms with Gasteiger partial charge in [-0.25, -0.2) is 13.2 Å². The second kappa shape index (κ2) is 11.3. The molecule has 1 aliphatic rings. The van der Waals surface area contributed by atoms with Crippen molar-refractivity contribution in [1.29, 1.82) is 0 Å². The van der Waals surface area contributed by atoms with Gasteiger partial charge in [0.2, 0.25) is 0 Å². The fraction of sp³-hybridized carbons (Fsp3) is 0.167. The first-order valence-corrected chi connectivity index (χ1v) is 10.8. The smallest absolute Gasteiger partial charge is 0.322 e. The molecule has 0 bridgehead atoms. The first-order valence-electron chi connectivity index (χ1n) is 10.1. The van der Waals surface area contributed by atoms with Crippen LogP contribution in [0.5, 0.6) is 11.5 Å². The maximum atomic E-state index is 13.3. The molecule has 4 rings (SSSR count). The molecule has 0 radical (unpaired) electrons. The van der Waals surface area contributed by atoms with Crippen molar-refractivity contribution in [3.05, 3.63) is 81.1 Å². The number of fused-ring (bicyclic) bond motifs is 1. The SMILES string of the molecule is Cc1ccc(-c2c(Cl)cc(F)cc2Cl)c2c1OCCO2.O=C(O)CNC(=O)c1c(F)cccc1F. The Balaban J connectivity index is 0.000000205. The van der Waals surface area contributed by atoms with E-state index in [9.17, 15) is 22.8 Å². The Kier molecular flexibility index (Phi) is 8.48. The molecule has 184 valence electrons. The van der Waals surface area contributed by atoms with Crippen LogP contribution in [-0.4, -0.2) is 36.7 Å². The van der Waals surface area contributed by atoms with E-state index in [0.717, 1.165) is 23.8 Å². The first kappa shape index (κ1) is 26.2. The number of carbonyl (C=O) groups is 2. The Hall–Kier alpha value is -3.43. The molecule has 0 fully saturated rings. The minimum Gasteiger partial charge on any atom is -0.486 e. The highest BCUT2D eigenvalue weighted by molar-refractivity contribution is 6.39. The van der Waals surface area contributed by atoms with E-state index in [0.29, 0.717) is 35.8 Å². The number of carboxylic acid groups (broad SMARTS) is 1. The van der Waals surface area contributed by atoms with E-state index in [1.165, 1.54) is 12.1 Å². The second-order valence-corrected chi connectivity index (χ2v) is 8.02. The van der Waals surface area contributed by atoms with Crippen LogP contribution in [0.15, 0.2) is 42.5 Å². The third-order valence-electron chi connectivity index (χ3n) is 4.75. The van der Waals surface area contributed by atoms with Crippen LogP contribution in [0.3, 0.4) is 0 Å². The number of aryl methyl sites for hydroxylation is 1. The topological polar surface area (TPSA) is 84.9 Å². The molecule has 1 heterocycles. The van der Waals surface area contributed by atoms with Crippen LogP contribution in [0.1, 0.15) is 15.9 Å². The summed E-state index contributed by atoms with van der Waals surface area (Å²) in [5, 5.41) is 10.6. The average Bonchev–Trinajstić information content (AvgIpc) is 2.79. The number of hydrogen-bond donors (Lipinski definition) is 2. The van der Waals surface area contributed by atoms with Crippen molar-refractivity contribution in [3.63, 3.8) is 0 Å². The maximum Gasteiger partial charge on any atom is 0.322 e. The summed E-state index contributed by atoms with van der Waals surface area (Å²) in [5.41, 5.74) is 1.45. The molecule has 0 aromatic heterocycles. The monoisotopic (exact) mass is 527 g/mol. The Bertz CT molecular complexity index is 1240. The lowest BCUT2D eigenvalue weighted by molar-refractivity contribution is -0.135. The van der Waals surface area contributed by atoms with Gasteiger partial charge in [-0.2, -0.15) is 0 Å². The summed E-state index contributed by atoms with van der Waals surface area (Å²) in [7, 11) is 0. The van der Waals surface area contributed by atoms with Gasteiger partial charge in [-0.15, -0.1) is 0 Å². The number of amides is 1. The third-order valence-corrected chi connectivity index (χ3v) is 5.35. The predicted molar refractivity (Wildman–Crippen MR) is 124 cm³/mol. The number of hydrogen-bond acceptors (Lipinski definition) is 4. The van der Waals surface area contributed by atoms with Gasteiger partial charge in [-0.3, -0.25) is 9.59 Å². The highest BCUT2D eigenvalue weighted by atomic mass is 35.5. The molecular formula is C24H18Cl2F3NO5. The highest BCUT2D eigenvalue weighted by Crippen LogP contribution is 2.46. The van der Waals surface area contributed by atoms with Crippen LogP contribution < -0.4 is 14.8 Å². The van der Waals surface area contributed by atoms with E-state index >= 15 is 0 Å². The number of aliphatic carboxylic acids is 1. The number of carbonyl (C=O) groups excluding carboxylic acids is 1. The number of nitrogens with one attached hydrogen (secondary N) is 1. The zero-order chi connectivity index (χ0) is 25.7. The Morgan fingerprint density at radius 1 is 0.971 bits per heavy atom. The summed E-state index contributed by atoms with van der Waals surface area (Å²) >= 11 is 12.3. The normalized spacial score (nSPS) is 11.8. The van der Waals surface area contributed by atoms with Crippen LogP contribution in [0, 0.1) is 24.4 Å². The van der Waals surface area contributed by atoms with Gasteiger partial charge in [0.1, 0.15) is 42.8 Å². The molecule has 3 aromatic carbocycles. The largest absolute Gasteiger partial charge is 0.486 e. The lowest BCUT2D eigenvalue weighted by atomic mass is 10.0. The lowest BCUT2D eigenvalue weighted by Crippen LogP contribution is -2.30. The highest BCUT2D eigenvalue weighted by Gasteiger charge is 2.22. The zero-order valence-electron chi connectivity index (χ0n) is 18.1. The molecule has 11 heteroatoms. The predicted octanol–water partition coefficient (Wildman–Crippen LogP) is 5.66. The average molecular weight is 528 g/mol. The van der Waals surface area contributed by atoms with E-state index in [1.807, 2.05) is 24.4 Å². The zero-order valence-corrected chi connectivity index (χ0v) is 19.6. The van der Waals surface area contributed by atoms with Gasteiger partial charge in [0.05, 0.1) is 10.0 Å². The number of rotatable bonds is 4. The Morgan fingerprint density at radius 2 is 1.54 bits per heavy atom. The van der Waals surface area contributed by atoms with E-state index in [2.05, 4.69) is 0 Å². The summed E-state index contributed by atoms with van der Waals surface area (Å²) in [6, 6.07) is 9.17. The Labute approximate surface area is 208 Å². The molecule has 0 aliphatic carbocycles. The molecule has 3 aromatic rings. The molecule has 0 unspecified atom stereocenters. The van der Waals surface area contributed by atoms with Crippen molar-refractivity contribution in [1.82, 2.24) is 5.32 Å². The van der Waals surface area contributed by atoms with Gasteiger partial charge in [-0.05, 0) is 36.8 Å². The summed E-state index contributed by atoms with van der Waals surface area (Å²) < 4.78 is 50.6. The van der Waals surface area contributed by atoms with E-state index in [4.69, 9.17) is 37.8 Å². The Morgan fingerprint density at radius 3 is 2.11 bits per heavy atom. The van der Waals surface area contributed by atoms with Crippen molar-refractivity contribution >= 4 is 35.1 Å². The molecule has 0 saturated heterocycles. The van der Waals surface area contributed by atoms with Gasteiger partial charge < -0.3 is 19.9 Å². The maximum absolute atomic E-state index is 13.3. The molecule has 35 heavy (non-hydrogen) atoms. The minimum atomic E-state index is -1.29. The second-order valence-electron chi connectivity index (χ2n) is 7.20. The van der Waals surface area contributed by atoms with Crippen LogP contribution in [0.4, 0.5) is 13.2 Å². The molecule has 0 spiro atoms. The van der Waals surface area contributed by atoms with E-state index in [-0.39, 0.29) is 10.0 Å². The third kappa shape index (κ3) is 6.17.